The van der Waals surface area contributed by atoms with Crippen LogP contribution in [0.25, 0.3) is 0 Å². The van der Waals surface area contributed by atoms with Crippen LogP contribution in [0.5, 0.6) is 0 Å². The van der Waals surface area contributed by atoms with Gasteiger partial charge in [0.15, 0.2) is 0 Å². The minimum Gasteiger partial charge on any atom is -0.319 e. The van der Waals surface area contributed by atoms with E-state index in [9.17, 15) is 13.2 Å². The summed E-state index contributed by atoms with van der Waals surface area (Å²) in [6.45, 7) is 0.778. The predicted octanol–water partition coefficient (Wildman–Crippen LogP) is 1.88. The Bertz CT molecular complexity index is 375. The molecule has 1 heterocycles. The zero-order chi connectivity index (χ0) is 11.1. The molecule has 90 valence electrons. The highest BCUT2D eigenvalue weighted by atomic mass is 35.5. The molecule has 3 N–H and O–H groups in total. The van der Waals surface area contributed by atoms with Gasteiger partial charge in [0.05, 0.1) is 11.1 Å². The summed E-state index contributed by atoms with van der Waals surface area (Å²) < 4.78 is 38.0. The van der Waals surface area contributed by atoms with Crippen molar-refractivity contribution in [2.45, 2.75) is 11.7 Å². The number of benzene rings is 1. The largest absolute Gasteiger partial charge is 0.416 e. The SMILES string of the molecule is Cl.NC1(c2ccccc2C(F)(F)F)CNC1. The smallest absolute Gasteiger partial charge is 0.319 e. The minimum atomic E-state index is -4.33. The zero-order valence-electron chi connectivity index (χ0n) is 8.34. The average molecular weight is 253 g/mol. The van der Waals surface area contributed by atoms with Gasteiger partial charge in [-0.25, -0.2) is 0 Å². The molecule has 0 amide bonds. The lowest BCUT2D eigenvalue weighted by Gasteiger charge is -2.40. The Morgan fingerprint density at radius 2 is 1.75 bits per heavy atom. The molecule has 0 unspecified atom stereocenters. The highest BCUT2D eigenvalue weighted by molar-refractivity contribution is 5.85. The monoisotopic (exact) mass is 252 g/mol. The Kier molecular flexibility index (Phi) is 3.52. The summed E-state index contributed by atoms with van der Waals surface area (Å²) >= 11 is 0. The van der Waals surface area contributed by atoms with Gasteiger partial charge in [-0.2, -0.15) is 13.2 Å². The van der Waals surface area contributed by atoms with Crippen molar-refractivity contribution in [1.82, 2.24) is 5.32 Å². The zero-order valence-corrected chi connectivity index (χ0v) is 9.16. The third kappa shape index (κ3) is 2.16. The van der Waals surface area contributed by atoms with Gasteiger partial charge in [0.2, 0.25) is 0 Å². The molecular formula is C10H12ClF3N2. The molecule has 1 saturated heterocycles. The van der Waals surface area contributed by atoms with Crippen LogP contribution >= 0.6 is 12.4 Å². The molecule has 0 aliphatic carbocycles. The van der Waals surface area contributed by atoms with Crippen molar-refractivity contribution >= 4 is 12.4 Å². The van der Waals surface area contributed by atoms with Crippen molar-refractivity contribution in [3.8, 4) is 0 Å². The Labute approximate surface area is 97.4 Å². The van der Waals surface area contributed by atoms with Crippen LogP contribution in [0.4, 0.5) is 13.2 Å². The highest BCUT2D eigenvalue weighted by Crippen LogP contribution is 2.36. The number of nitrogens with two attached hydrogens (primary N) is 1. The highest BCUT2D eigenvalue weighted by Gasteiger charge is 2.42. The summed E-state index contributed by atoms with van der Waals surface area (Å²) in [6, 6.07) is 5.48. The third-order valence-corrected chi connectivity index (χ3v) is 2.65. The van der Waals surface area contributed by atoms with E-state index >= 15 is 0 Å². The van der Waals surface area contributed by atoms with E-state index in [-0.39, 0.29) is 18.0 Å². The fourth-order valence-electron chi connectivity index (χ4n) is 1.75. The Balaban J connectivity index is 0.00000128. The van der Waals surface area contributed by atoms with Gasteiger partial charge >= 0.3 is 6.18 Å². The molecule has 2 rings (SSSR count). The van der Waals surface area contributed by atoms with Crippen molar-refractivity contribution in [1.29, 1.82) is 0 Å². The molecule has 0 radical (unpaired) electrons. The number of nitrogens with one attached hydrogen (secondary N) is 1. The van der Waals surface area contributed by atoms with Crippen molar-refractivity contribution in [2.75, 3.05) is 13.1 Å². The van der Waals surface area contributed by atoms with Gasteiger partial charge in [0.25, 0.3) is 0 Å². The Morgan fingerprint density at radius 3 is 2.19 bits per heavy atom. The molecule has 0 saturated carbocycles. The molecule has 1 aliphatic rings. The maximum atomic E-state index is 12.7. The molecule has 1 aliphatic heterocycles. The lowest BCUT2D eigenvalue weighted by atomic mass is 9.82. The van der Waals surface area contributed by atoms with Crippen molar-refractivity contribution < 1.29 is 13.2 Å². The summed E-state index contributed by atoms with van der Waals surface area (Å²) in [6.07, 6.45) is -4.33. The molecule has 0 spiro atoms. The number of alkyl halides is 3. The summed E-state index contributed by atoms with van der Waals surface area (Å²) in [5.41, 5.74) is 4.54. The standard InChI is InChI=1S/C10H11F3N2.ClH/c11-10(12,13)8-4-2-1-3-7(8)9(14)5-15-6-9;/h1-4,15H,5-6,14H2;1H. The van der Waals surface area contributed by atoms with E-state index in [0.717, 1.165) is 6.07 Å². The minimum absolute atomic E-state index is 0. The van der Waals surface area contributed by atoms with Crippen LogP contribution in [-0.4, -0.2) is 13.1 Å². The molecule has 1 aromatic carbocycles. The molecule has 0 bridgehead atoms. The van der Waals surface area contributed by atoms with Crippen LogP contribution in [0.2, 0.25) is 0 Å². The van der Waals surface area contributed by atoms with Crippen LogP contribution in [0.1, 0.15) is 11.1 Å². The van der Waals surface area contributed by atoms with E-state index in [0.29, 0.717) is 13.1 Å². The van der Waals surface area contributed by atoms with Gasteiger partial charge < -0.3 is 11.1 Å². The molecule has 16 heavy (non-hydrogen) atoms. The maximum Gasteiger partial charge on any atom is 0.416 e. The first-order chi connectivity index (χ1) is 6.93. The van der Waals surface area contributed by atoms with Gasteiger partial charge in [0.1, 0.15) is 0 Å². The van der Waals surface area contributed by atoms with Crippen molar-refractivity contribution in [2.24, 2.45) is 5.73 Å². The van der Waals surface area contributed by atoms with E-state index in [2.05, 4.69) is 5.32 Å². The first-order valence-electron chi connectivity index (χ1n) is 4.60. The predicted molar refractivity (Wildman–Crippen MR) is 57.4 cm³/mol. The Hall–Kier alpha value is -0.780. The molecular weight excluding hydrogens is 241 g/mol. The van der Waals surface area contributed by atoms with Crippen molar-refractivity contribution in [3.05, 3.63) is 35.4 Å². The maximum absolute atomic E-state index is 12.7. The second-order valence-corrected chi connectivity index (χ2v) is 3.80. The van der Waals surface area contributed by atoms with Gasteiger partial charge in [0, 0.05) is 13.1 Å². The fraction of sp³-hybridized carbons (Fsp3) is 0.400. The first-order valence-corrected chi connectivity index (χ1v) is 4.60. The molecule has 1 aromatic rings. The van der Waals surface area contributed by atoms with Gasteiger partial charge in [-0.3, -0.25) is 0 Å². The molecule has 6 heteroatoms. The second kappa shape index (κ2) is 4.24. The second-order valence-electron chi connectivity index (χ2n) is 3.80. The van der Waals surface area contributed by atoms with E-state index < -0.39 is 17.3 Å². The lowest BCUT2D eigenvalue weighted by molar-refractivity contribution is -0.139. The van der Waals surface area contributed by atoms with Crippen LogP contribution in [-0.2, 0) is 11.7 Å². The summed E-state index contributed by atoms with van der Waals surface area (Å²) in [5.74, 6) is 0. The molecule has 1 fully saturated rings. The Morgan fingerprint density at radius 1 is 1.19 bits per heavy atom. The summed E-state index contributed by atoms with van der Waals surface area (Å²) in [5, 5.41) is 2.89. The average Bonchev–Trinajstić information content (AvgIpc) is 2.13. The summed E-state index contributed by atoms with van der Waals surface area (Å²) in [4.78, 5) is 0. The third-order valence-electron chi connectivity index (χ3n) is 2.65. The molecule has 0 aromatic heterocycles. The number of hydrogen-bond acceptors (Lipinski definition) is 2. The van der Waals surface area contributed by atoms with E-state index in [1.165, 1.54) is 12.1 Å². The normalized spacial score (nSPS) is 18.5. The van der Waals surface area contributed by atoms with Crippen molar-refractivity contribution in [3.63, 3.8) is 0 Å². The van der Waals surface area contributed by atoms with Gasteiger partial charge in [-0.1, -0.05) is 18.2 Å². The number of hydrogen-bond donors (Lipinski definition) is 2. The lowest BCUT2D eigenvalue weighted by Crippen LogP contribution is -2.63. The number of rotatable bonds is 1. The van der Waals surface area contributed by atoms with E-state index in [1.54, 1.807) is 6.07 Å². The van der Waals surface area contributed by atoms with E-state index in [4.69, 9.17) is 5.73 Å². The quantitative estimate of drug-likeness (QED) is 0.801. The van der Waals surface area contributed by atoms with Gasteiger partial charge in [-0.15, -0.1) is 12.4 Å². The fourth-order valence-corrected chi connectivity index (χ4v) is 1.75. The molecule has 2 nitrogen and oxygen atoms in total. The van der Waals surface area contributed by atoms with Crippen LogP contribution in [0.3, 0.4) is 0 Å². The summed E-state index contributed by atoms with van der Waals surface area (Å²) in [7, 11) is 0. The first kappa shape index (κ1) is 13.3. The van der Waals surface area contributed by atoms with Crippen LogP contribution in [0, 0.1) is 0 Å². The topological polar surface area (TPSA) is 38.0 Å². The van der Waals surface area contributed by atoms with Gasteiger partial charge in [-0.05, 0) is 11.6 Å². The molecule has 0 atom stereocenters. The van der Waals surface area contributed by atoms with Crippen LogP contribution in [0.15, 0.2) is 24.3 Å². The van der Waals surface area contributed by atoms with Crippen LogP contribution < -0.4 is 11.1 Å². The number of halogens is 4. The van der Waals surface area contributed by atoms with E-state index in [1.807, 2.05) is 0 Å².